The Hall–Kier alpha value is -1.51. The lowest BCUT2D eigenvalue weighted by atomic mass is 10.2. The number of nitrogens with zero attached hydrogens (tertiary/aromatic N) is 1. The molecule has 4 nitrogen and oxygen atoms in total. The highest BCUT2D eigenvalue weighted by molar-refractivity contribution is 8.14. The number of benzene rings is 1. The van der Waals surface area contributed by atoms with Crippen LogP contribution in [0, 0.1) is 18.3 Å². The van der Waals surface area contributed by atoms with Crippen LogP contribution in [0.5, 0.6) is 0 Å². The van der Waals surface area contributed by atoms with E-state index >= 15 is 0 Å². The van der Waals surface area contributed by atoms with Crippen molar-refractivity contribution < 1.29 is 8.42 Å². The van der Waals surface area contributed by atoms with Gasteiger partial charge in [-0.25, -0.2) is 8.42 Å². The van der Waals surface area contributed by atoms with Crippen LogP contribution in [0.4, 0.5) is 0 Å². The highest BCUT2D eigenvalue weighted by atomic mass is 35.7. The van der Waals surface area contributed by atoms with Gasteiger partial charge in [0.05, 0.1) is 5.52 Å². The van der Waals surface area contributed by atoms with Gasteiger partial charge in [-0.05, 0) is 30.7 Å². The van der Waals surface area contributed by atoms with Gasteiger partial charge in [0.25, 0.3) is 9.05 Å². The maximum Gasteiger partial charge on any atom is 0.263 e. The molecule has 1 aromatic carbocycles. The minimum atomic E-state index is -3.82. The van der Waals surface area contributed by atoms with Gasteiger partial charge in [-0.15, -0.1) is 0 Å². The number of aromatic amines is 1. The van der Waals surface area contributed by atoms with Crippen LogP contribution >= 0.6 is 10.7 Å². The molecule has 0 aliphatic rings. The SMILES string of the molecule is Cc1cc(S(=O)(=O)Cl)c2[nH]c(C#N)cc2c1. The molecule has 1 heterocycles. The molecule has 2 aromatic rings. The number of aromatic nitrogens is 1. The van der Waals surface area contributed by atoms with Crippen LogP contribution in [-0.2, 0) is 9.05 Å². The molecule has 0 fully saturated rings. The number of hydrogen-bond acceptors (Lipinski definition) is 3. The van der Waals surface area contributed by atoms with Crippen LogP contribution in [0.15, 0.2) is 23.1 Å². The van der Waals surface area contributed by atoms with Crippen LogP contribution in [0.3, 0.4) is 0 Å². The quantitative estimate of drug-likeness (QED) is 0.794. The third kappa shape index (κ3) is 1.77. The second-order valence-electron chi connectivity index (χ2n) is 3.46. The Morgan fingerprint density at radius 3 is 2.62 bits per heavy atom. The lowest BCUT2D eigenvalue weighted by molar-refractivity contribution is 0.610. The number of H-pyrrole nitrogens is 1. The third-order valence-electron chi connectivity index (χ3n) is 2.22. The van der Waals surface area contributed by atoms with Crippen molar-refractivity contribution in [2.45, 2.75) is 11.8 Å². The molecule has 0 aliphatic carbocycles. The summed E-state index contributed by atoms with van der Waals surface area (Å²) in [5.41, 5.74) is 1.45. The van der Waals surface area contributed by atoms with Crippen LogP contribution in [0.1, 0.15) is 11.3 Å². The molecule has 2 rings (SSSR count). The summed E-state index contributed by atoms with van der Waals surface area (Å²) < 4.78 is 22.7. The topological polar surface area (TPSA) is 73.7 Å². The molecule has 6 heteroatoms. The molecule has 0 unspecified atom stereocenters. The largest absolute Gasteiger partial charge is 0.345 e. The minimum absolute atomic E-state index is 0.00525. The van der Waals surface area contributed by atoms with Crippen molar-refractivity contribution in [2.75, 3.05) is 0 Å². The van der Waals surface area contributed by atoms with Gasteiger partial charge < -0.3 is 4.98 Å². The molecule has 1 N–H and O–H groups in total. The van der Waals surface area contributed by atoms with Crippen molar-refractivity contribution in [3.8, 4) is 6.07 Å². The molecular weight excluding hydrogens is 248 g/mol. The first-order valence-electron chi connectivity index (χ1n) is 4.40. The second-order valence-corrected chi connectivity index (χ2v) is 5.99. The van der Waals surface area contributed by atoms with Gasteiger partial charge in [-0.3, -0.25) is 0 Å². The molecule has 0 radical (unpaired) electrons. The zero-order chi connectivity index (χ0) is 11.9. The van der Waals surface area contributed by atoms with E-state index in [1.54, 1.807) is 19.1 Å². The molecule has 0 aliphatic heterocycles. The molecular formula is C10H7ClN2O2S. The van der Waals surface area contributed by atoms with E-state index in [1.165, 1.54) is 6.07 Å². The van der Waals surface area contributed by atoms with Crippen LogP contribution in [0.2, 0.25) is 0 Å². The number of fused-ring (bicyclic) bond motifs is 1. The van der Waals surface area contributed by atoms with Crippen molar-refractivity contribution in [2.24, 2.45) is 0 Å². The van der Waals surface area contributed by atoms with Crippen molar-refractivity contribution in [1.29, 1.82) is 5.26 Å². The van der Waals surface area contributed by atoms with Gasteiger partial charge in [-0.2, -0.15) is 5.26 Å². The van der Waals surface area contributed by atoms with E-state index in [0.717, 1.165) is 5.56 Å². The van der Waals surface area contributed by atoms with E-state index < -0.39 is 9.05 Å². The molecule has 0 atom stereocenters. The molecule has 0 spiro atoms. The predicted octanol–water partition coefficient (Wildman–Crippen LogP) is 2.28. The first-order chi connectivity index (χ1) is 7.41. The summed E-state index contributed by atoms with van der Waals surface area (Å²) in [5.74, 6) is 0. The van der Waals surface area contributed by atoms with Gasteiger partial charge >= 0.3 is 0 Å². The van der Waals surface area contributed by atoms with E-state index in [4.69, 9.17) is 15.9 Å². The van der Waals surface area contributed by atoms with Crippen LogP contribution < -0.4 is 0 Å². The Balaban J connectivity index is 2.94. The van der Waals surface area contributed by atoms with Gasteiger partial charge in [0.15, 0.2) is 0 Å². The van der Waals surface area contributed by atoms with Crippen molar-refractivity contribution in [3.63, 3.8) is 0 Å². The fraction of sp³-hybridized carbons (Fsp3) is 0.100. The summed E-state index contributed by atoms with van der Waals surface area (Å²) in [7, 11) is 1.52. The molecule has 0 amide bonds. The Kier molecular flexibility index (Phi) is 2.41. The highest BCUT2D eigenvalue weighted by Crippen LogP contribution is 2.27. The summed E-state index contributed by atoms with van der Waals surface area (Å²) in [6.45, 7) is 1.77. The summed E-state index contributed by atoms with van der Waals surface area (Å²) >= 11 is 0. The Labute approximate surface area is 96.9 Å². The lowest BCUT2D eigenvalue weighted by Crippen LogP contribution is -1.93. The van der Waals surface area contributed by atoms with Crippen molar-refractivity contribution in [3.05, 3.63) is 29.5 Å². The molecule has 82 valence electrons. The number of rotatable bonds is 1. The Morgan fingerprint density at radius 2 is 2.06 bits per heavy atom. The number of nitriles is 1. The van der Waals surface area contributed by atoms with Crippen LogP contribution in [0.25, 0.3) is 10.9 Å². The average molecular weight is 255 g/mol. The molecule has 0 bridgehead atoms. The van der Waals surface area contributed by atoms with Gasteiger partial charge in [-0.1, -0.05) is 0 Å². The predicted molar refractivity (Wildman–Crippen MR) is 60.8 cm³/mol. The highest BCUT2D eigenvalue weighted by Gasteiger charge is 2.16. The fourth-order valence-corrected chi connectivity index (χ4v) is 2.71. The monoisotopic (exact) mass is 254 g/mol. The zero-order valence-electron chi connectivity index (χ0n) is 8.28. The summed E-state index contributed by atoms with van der Waals surface area (Å²) in [5, 5.41) is 9.40. The van der Waals surface area contributed by atoms with Gasteiger partial charge in [0.2, 0.25) is 0 Å². The number of nitrogens with one attached hydrogen (secondary N) is 1. The molecule has 0 saturated heterocycles. The summed E-state index contributed by atoms with van der Waals surface area (Å²) in [6.07, 6.45) is 0. The molecule has 1 aromatic heterocycles. The molecule has 0 saturated carbocycles. The second kappa shape index (κ2) is 3.51. The zero-order valence-corrected chi connectivity index (χ0v) is 9.85. The van der Waals surface area contributed by atoms with Crippen molar-refractivity contribution in [1.82, 2.24) is 4.98 Å². The first kappa shape index (κ1) is 11.0. The summed E-state index contributed by atoms with van der Waals surface area (Å²) in [4.78, 5) is 2.73. The standard InChI is InChI=1S/C10H7ClN2O2S/c1-6-2-7-4-8(5-12)13-10(7)9(3-6)16(11,14)15/h2-4,13H,1H3. The van der Waals surface area contributed by atoms with Gasteiger partial charge in [0, 0.05) is 16.1 Å². The van der Waals surface area contributed by atoms with Crippen LogP contribution in [-0.4, -0.2) is 13.4 Å². The fourth-order valence-electron chi connectivity index (χ4n) is 1.61. The third-order valence-corrected chi connectivity index (χ3v) is 3.57. The average Bonchev–Trinajstić information content (AvgIpc) is 2.57. The summed E-state index contributed by atoms with van der Waals surface area (Å²) in [6, 6.07) is 6.78. The van der Waals surface area contributed by atoms with E-state index in [2.05, 4.69) is 4.98 Å². The molecule has 16 heavy (non-hydrogen) atoms. The smallest absolute Gasteiger partial charge is 0.263 e. The number of aryl methyl sites for hydroxylation is 1. The van der Waals surface area contributed by atoms with E-state index in [-0.39, 0.29) is 4.90 Å². The van der Waals surface area contributed by atoms with Crippen molar-refractivity contribution >= 4 is 30.6 Å². The normalized spacial score (nSPS) is 11.6. The maximum atomic E-state index is 11.4. The van der Waals surface area contributed by atoms with E-state index in [0.29, 0.717) is 16.6 Å². The number of hydrogen-bond donors (Lipinski definition) is 1. The van der Waals surface area contributed by atoms with E-state index in [9.17, 15) is 8.42 Å². The van der Waals surface area contributed by atoms with E-state index in [1.807, 2.05) is 6.07 Å². The Bertz CT molecular complexity index is 710. The minimum Gasteiger partial charge on any atom is -0.345 e. The number of halogens is 1. The van der Waals surface area contributed by atoms with Gasteiger partial charge in [0.1, 0.15) is 16.7 Å². The first-order valence-corrected chi connectivity index (χ1v) is 6.71. The maximum absolute atomic E-state index is 11.4. The Morgan fingerprint density at radius 1 is 1.38 bits per heavy atom. The lowest BCUT2D eigenvalue weighted by Gasteiger charge is -2.00.